The van der Waals surface area contributed by atoms with E-state index in [1.807, 2.05) is 35.0 Å². The van der Waals surface area contributed by atoms with Crippen molar-refractivity contribution in [2.24, 2.45) is 0 Å². The minimum atomic E-state index is 0.662. The zero-order valence-corrected chi connectivity index (χ0v) is 10.3. The van der Waals surface area contributed by atoms with Crippen LogP contribution in [0.5, 0.6) is 0 Å². The number of fused-ring (bicyclic) bond motifs is 1. The van der Waals surface area contributed by atoms with Crippen LogP contribution in [0, 0.1) is 0 Å². The molecule has 0 bridgehead atoms. The fraction of sp³-hybridized carbons (Fsp3) is 0. The third-order valence-electron chi connectivity index (χ3n) is 2.62. The Labute approximate surface area is 108 Å². The van der Waals surface area contributed by atoms with E-state index in [9.17, 15) is 0 Å². The number of halogens is 2. The first kappa shape index (κ1) is 10.6. The molecule has 0 saturated heterocycles. The number of rotatable bonds is 1. The van der Waals surface area contributed by atoms with Crippen LogP contribution in [-0.2, 0) is 0 Å². The van der Waals surface area contributed by atoms with E-state index in [2.05, 4.69) is 4.98 Å². The van der Waals surface area contributed by atoms with Gasteiger partial charge >= 0.3 is 0 Å². The molecule has 0 radical (unpaired) electrons. The highest BCUT2D eigenvalue weighted by atomic mass is 35.5. The summed E-state index contributed by atoms with van der Waals surface area (Å²) in [4.78, 5) is 4.28. The van der Waals surface area contributed by atoms with Gasteiger partial charge < -0.3 is 4.57 Å². The summed E-state index contributed by atoms with van der Waals surface area (Å²) >= 11 is 12.2. The predicted octanol–water partition coefficient (Wildman–Crippen LogP) is 4.33. The molecule has 3 rings (SSSR count). The van der Waals surface area contributed by atoms with Gasteiger partial charge in [0.15, 0.2) is 0 Å². The largest absolute Gasteiger partial charge is 0.313 e. The van der Waals surface area contributed by atoms with Crippen LogP contribution < -0.4 is 0 Å². The molecule has 0 saturated carbocycles. The molecule has 0 unspecified atom stereocenters. The van der Waals surface area contributed by atoms with Gasteiger partial charge in [0, 0.05) is 17.4 Å². The van der Waals surface area contributed by atoms with E-state index in [0.717, 1.165) is 16.7 Å². The quantitative estimate of drug-likeness (QED) is 0.638. The lowest BCUT2D eigenvalue weighted by Crippen LogP contribution is -1.93. The van der Waals surface area contributed by atoms with Gasteiger partial charge in [-0.05, 0) is 36.4 Å². The fourth-order valence-corrected chi connectivity index (χ4v) is 2.22. The van der Waals surface area contributed by atoms with Crippen LogP contribution in [0.3, 0.4) is 0 Å². The minimum Gasteiger partial charge on any atom is -0.313 e. The molecule has 4 heteroatoms. The zero-order chi connectivity index (χ0) is 11.8. The first-order chi connectivity index (χ1) is 8.25. The molecular weight excluding hydrogens is 255 g/mol. The van der Waals surface area contributed by atoms with E-state index < -0.39 is 0 Å². The van der Waals surface area contributed by atoms with Crippen molar-refractivity contribution in [1.82, 2.24) is 9.55 Å². The van der Waals surface area contributed by atoms with E-state index in [0.29, 0.717) is 10.0 Å². The lowest BCUT2D eigenvalue weighted by molar-refractivity contribution is 1.13. The normalized spacial score (nSPS) is 10.9. The molecule has 17 heavy (non-hydrogen) atoms. The van der Waals surface area contributed by atoms with Crippen molar-refractivity contribution in [3.05, 3.63) is 58.8 Å². The lowest BCUT2D eigenvalue weighted by Gasteiger charge is -2.07. The number of aromatic nitrogens is 2. The first-order valence-electron chi connectivity index (χ1n) is 5.13. The molecule has 0 N–H and O–H groups in total. The van der Waals surface area contributed by atoms with Crippen LogP contribution in [0.15, 0.2) is 48.8 Å². The Hall–Kier alpha value is -1.51. The van der Waals surface area contributed by atoms with Crippen LogP contribution in [-0.4, -0.2) is 9.55 Å². The van der Waals surface area contributed by atoms with E-state index in [1.165, 1.54) is 0 Å². The molecular formula is C13H8Cl2N2. The molecule has 84 valence electrons. The number of pyridine rings is 1. The summed E-state index contributed by atoms with van der Waals surface area (Å²) in [6.07, 6.45) is 3.71. The Morgan fingerprint density at radius 3 is 2.82 bits per heavy atom. The maximum atomic E-state index is 6.19. The highest BCUT2D eigenvalue weighted by Crippen LogP contribution is 2.27. The number of benzene rings is 1. The fourth-order valence-electron chi connectivity index (χ4n) is 1.85. The van der Waals surface area contributed by atoms with Crippen LogP contribution in [0.25, 0.3) is 16.7 Å². The van der Waals surface area contributed by atoms with Crippen LogP contribution >= 0.6 is 23.2 Å². The minimum absolute atomic E-state index is 0.662. The third-order valence-corrected chi connectivity index (χ3v) is 3.18. The maximum Gasteiger partial charge on any atom is 0.0884 e. The molecule has 1 aromatic carbocycles. The zero-order valence-electron chi connectivity index (χ0n) is 8.77. The summed E-state index contributed by atoms with van der Waals surface area (Å²) in [6.45, 7) is 0. The van der Waals surface area contributed by atoms with Crippen molar-refractivity contribution in [2.45, 2.75) is 0 Å². The van der Waals surface area contributed by atoms with Gasteiger partial charge in [0.1, 0.15) is 0 Å². The van der Waals surface area contributed by atoms with E-state index in [1.54, 1.807) is 18.3 Å². The molecule has 0 aliphatic carbocycles. The summed E-state index contributed by atoms with van der Waals surface area (Å²) in [6, 6.07) is 11.3. The Bertz CT molecular complexity index is 689. The highest BCUT2D eigenvalue weighted by Gasteiger charge is 2.07. The third kappa shape index (κ3) is 1.79. The summed E-state index contributed by atoms with van der Waals surface area (Å²) in [7, 11) is 0. The predicted molar refractivity (Wildman–Crippen MR) is 71.1 cm³/mol. The molecule has 2 aromatic heterocycles. The molecule has 0 aliphatic heterocycles. The van der Waals surface area contributed by atoms with E-state index >= 15 is 0 Å². The second-order valence-corrected chi connectivity index (χ2v) is 4.53. The van der Waals surface area contributed by atoms with Gasteiger partial charge in [0.05, 0.1) is 21.7 Å². The average molecular weight is 263 g/mol. The summed E-state index contributed by atoms with van der Waals surface area (Å²) in [5.41, 5.74) is 2.81. The highest BCUT2D eigenvalue weighted by molar-refractivity contribution is 6.34. The molecule has 2 heterocycles. The van der Waals surface area contributed by atoms with E-state index in [4.69, 9.17) is 23.2 Å². The standard InChI is InChI=1S/C13H8Cl2N2/c14-9-3-4-10(15)13(8-9)17-7-5-11-12(17)2-1-6-16-11/h1-8H. The Morgan fingerprint density at radius 2 is 1.94 bits per heavy atom. The maximum absolute atomic E-state index is 6.19. The molecule has 0 atom stereocenters. The number of nitrogens with zero attached hydrogens (tertiary/aromatic N) is 2. The van der Waals surface area contributed by atoms with Gasteiger partial charge in [-0.25, -0.2) is 0 Å². The Morgan fingerprint density at radius 1 is 1.06 bits per heavy atom. The Kier molecular flexibility index (Phi) is 2.54. The molecule has 0 spiro atoms. The van der Waals surface area contributed by atoms with Crippen molar-refractivity contribution in [3.8, 4) is 5.69 Å². The van der Waals surface area contributed by atoms with Gasteiger partial charge in [0.25, 0.3) is 0 Å². The SMILES string of the molecule is Clc1ccc(Cl)c(-n2ccc3ncccc32)c1. The van der Waals surface area contributed by atoms with Crippen LogP contribution in [0.1, 0.15) is 0 Å². The number of hydrogen-bond acceptors (Lipinski definition) is 1. The van der Waals surface area contributed by atoms with Crippen molar-refractivity contribution in [2.75, 3.05) is 0 Å². The molecule has 0 amide bonds. The molecule has 0 fully saturated rings. The van der Waals surface area contributed by atoms with Gasteiger partial charge in [-0.3, -0.25) is 4.98 Å². The van der Waals surface area contributed by atoms with Gasteiger partial charge in [-0.2, -0.15) is 0 Å². The van der Waals surface area contributed by atoms with Gasteiger partial charge in [0.2, 0.25) is 0 Å². The van der Waals surface area contributed by atoms with Crippen molar-refractivity contribution < 1.29 is 0 Å². The summed E-state index contributed by atoms with van der Waals surface area (Å²) in [5.74, 6) is 0. The Balaban J connectivity index is 2.31. The monoisotopic (exact) mass is 262 g/mol. The average Bonchev–Trinajstić information content (AvgIpc) is 2.76. The number of hydrogen-bond donors (Lipinski definition) is 0. The topological polar surface area (TPSA) is 17.8 Å². The molecule has 2 nitrogen and oxygen atoms in total. The lowest BCUT2D eigenvalue weighted by atomic mass is 10.3. The summed E-state index contributed by atoms with van der Waals surface area (Å²) in [5, 5.41) is 1.32. The van der Waals surface area contributed by atoms with Crippen molar-refractivity contribution in [1.29, 1.82) is 0 Å². The molecule has 0 aliphatic rings. The van der Waals surface area contributed by atoms with Gasteiger partial charge in [-0.15, -0.1) is 0 Å². The van der Waals surface area contributed by atoms with E-state index in [-0.39, 0.29) is 0 Å². The van der Waals surface area contributed by atoms with Gasteiger partial charge in [-0.1, -0.05) is 23.2 Å². The van der Waals surface area contributed by atoms with Crippen LogP contribution in [0.2, 0.25) is 10.0 Å². The van der Waals surface area contributed by atoms with Crippen molar-refractivity contribution >= 4 is 34.2 Å². The summed E-state index contributed by atoms with van der Waals surface area (Å²) < 4.78 is 1.98. The second-order valence-electron chi connectivity index (χ2n) is 3.69. The smallest absolute Gasteiger partial charge is 0.0884 e. The molecule has 3 aromatic rings. The van der Waals surface area contributed by atoms with Crippen LogP contribution in [0.4, 0.5) is 0 Å². The first-order valence-corrected chi connectivity index (χ1v) is 5.89. The van der Waals surface area contributed by atoms with Crippen molar-refractivity contribution in [3.63, 3.8) is 0 Å². The second kappa shape index (κ2) is 4.06.